The highest BCUT2D eigenvalue weighted by molar-refractivity contribution is 7.10. The summed E-state index contributed by atoms with van der Waals surface area (Å²) in [7, 11) is 0. The molecular formula is C16H22N2OS. The van der Waals surface area contributed by atoms with Crippen LogP contribution >= 0.6 is 11.3 Å². The summed E-state index contributed by atoms with van der Waals surface area (Å²) < 4.78 is 0. The third-order valence-corrected chi connectivity index (χ3v) is 6.16. The van der Waals surface area contributed by atoms with E-state index in [-0.39, 0.29) is 6.04 Å². The largest absolute Gasteiger partial charge is 0.334 e. The second kappa shape index (κ2) is 4.85. The maximum Gasteiger partial charge on any atom is 0.240 e. The average Bonchev–Trinajstić information content (AvgIpc) is 3.01. The fourth-order valence-electron chi connectivity index (χ4n) is 3.86. The van der Waals surface area contributed by atoms with Crippen LogP contribution in [0, 0.1) is 11.8 Å². The summed E-state index contributed by atoms with van der Waals surface area (Å²) >= 11 is 1.87. The summed E-state index contributed by atoms with van der Waals surface area (Å²) in [5.74, 6) is 1.54. The normalized spacial score (nSPS) is 33.2. The van der Waals surface area contributed by atoms with Gasteiger partial charge in [-0.1, -0.05) is 6.92 Å². The molecule has 1 saturated carbocycles. The van der Waals surface area contributed by atoms with E-state index in [2.05, 4.69) is 28.6 Å². The van der Waals surface area contributed by atoms with Crippen molar-refractivity contribution in [2.45, 2.75) is 44.7 Å². The molecule has 1 aromatic heterocycles. The summed E-state index contributed by atoms with van der Waals surface area (Å²) in [5.41, 5.74) is 1.45. The molecule has 3 nitrogen and oxygen atoms in total. The number of nitrogens with one attached hydrogen (secondary N) is 1. The van der Waals surface area contributed by atoms with Crippen molar-refractivity contribution in [3.8, 4) is 0 Å². The van der Waals surface area contributed by atoms with Gasteiger partial charge in [-0.05, 0) is 61.1 Å². The molecular weight excluding hydrogens is 268 g/mol. The Morgan fingerprint density at radius 1 is 1.40 bits per heavy atom. The van der Waals surface area contributed by atoms with Gasteiger partial charge in [0.15, 0.2) is 0 Å². The van der Waals surface area contributed by atoms with Crippen LogP contribution in [0.25, 0.3) is 0 Å². The highest BCUT2D eigenvalue weighted by atomic mass is 32.1. The molecule has 108 valence electrons. The van der Waals surface area contributed by atoms with E-state index in [0.717, 1.165) is 25.9 Å². The minimum absolute atomic E-state index is 0.0523. The van der Waals surface area contributed by atoms with Crippen molar-refractivity contribution in [3.05, 3.63) is 21.9 Å². The number of fused-ring (bicyclic) bond motifs is 1. The minimum atomic E-state index is 0.0523. The molecule has 4 heteroatoms. The third-order valence-electron chi connectivity index (χ3n) is 5.16. The van der Waals surface area contributed by atoms with E-state index >= 15 is 0 Å². The van der Waals surface area contributed by atoms with Crippen molar-refractivity contribution in [1.29, 1.82) is 0 Å². The van der Waals surface area contributed by atoms with Crippen LogP contribution in [0.2, 0.25) is 0 Å². The van der Waals surface area contributed by atoms with Crippen molar-refractivity contribution >= 4 is 17.2 Å². The number of hydrogen-bond donors (Lipinski definition) is 1. The Labute approximate surface area is 124 Å². The standard InChI is InChI=1S/C16H22N2OS/c1-10-4-7-17-14(10)16(19)18-8-5-13-12(6-9-20-13)15(18)11-2-3-11/h6,9-11,14-15,17H,2-5,7-8H2,1H3. The van der Waals surface area contributed by atoms with Gasteiger partial charge >= 0.3 is 0 Å². The zero-order valence-corrected chi connectivity index (χ0v) is 12.8. The number of hydrogen-bond acceptors (Lipinski definition) is 3. The first-order valence-electron chi connectivity index (χ1n) is 7.86. The fourth-order valence-corrected chi connectivity index (χ4v) is 4.77. The number of rotatable bonds is 2. The molecule has 3 heterocycles. The Morgan fingerprint density at radius 3 is 2.95 bits per heavy atom. The average molecular weight is 290 g/mol. The quantitative estimate of drug-likeness (QED) is 0.908. The van der Waals surface area contributed by atoms with Crippen LogP contribution in [-0.2, 0) is 11.2 Å². The van der Waals surface area contributed by atoms with Crippen LogP contribution in [0.15, 0.2) is 11.4 Å². The lowest BCUT2D eigenvalue weighted by atomic mass is 9.93. The third kappa shape index (κ3) is 2.01. The van der Waals surface area contributed by atoms with Gasteiger partial charge in [0.05, 0.1) is 12.1 Å². The maximum atomic E-state index is 13.0. The summed E-state index contributed by atoms with van der Waals surface area (Å²) in [6.07, 6.45) is 4.75. The Kier molecular flexibility index (Phi) is 3.11. The first-order valence-corrected chi connectivity index (χ1v) is 8.74. The second-order valence-corrected chi connectivity index (χ2v) is 7.56. The lowest BCUT2D eigenvalue weighted by molar-refractivity contribution is -0.137. The molecule has 2 aliphatic heterocycles. The van der Waals surface area contributed by atoms with E-state index in [1.54, 1.807) is 0 Å². The Hall–Kier alpha value is -0.870. The lowest BCUT2D eigenvalue weighted by Gasteiger charge is -2.38. The smallest absolute Gasteiger partial charge is 0.240 e. The molecule has 3 unspecified atom stereocenters. The SMILES string of the molecule is CC1CCNC1C(=O)N1CCc2sccc2C1C1CC1. The molecule has 3 atom stereocenters. The van der Waals surface area contributed by atoms with Gasteiger partial charge in [-0.3, -0.25) is 4.79 Å². The Morgan fingerprint density at radius 2 is 2.25 bits per heavy atom. The molecule has 0 aromatic carbocycles. The molecule has 0 radical (unpaired) electrons. The van der Waals surface area contributed by atoms with Gasteiger partial charge in [0.1, 0.15) is 0 Å². The molecule has 0 bridgehead atoms. The molecule has 1 N–H and O–H groups in total. The maximum absolute atomic E-state index is 13.0. The predicted octanol–water partition coefficient (Wildman–Crippen LogP) is 2.58. The van der Waals surface area contributed by atoms with Gasteiger partial charge in [0.2, 0.25) is 5.91 Å². The van der Waals surface area contributed by atoms with Crippen LogP contribution in [0.5, 0.6) is 0 Å². The van der Waals surface area contributed by atoms with Crippen LogP contribution in [-0.4, -0.2) is 29.9 Å². The van der Waals surface area contributed by atoms with Gasteiger partial charge in [-0.2, -0.15) is 0 Å². The Bertz CT molecular complexity index is 522. The predicted molar refractivity (Wildman–Crippen MR) is 80.8 cm³/mol. The molecule has 2 fully saturated rings. The summed E-state index contributed by atoms with van der Waals surface area (Å²) in [6.45, 7) is 4.11. The Balaban J connectivity index is 1.62. The molecule has 20 heavy (non-hydrogen) atoms. The van der Waals surface area contributed by atoms with E-state index in [4.69, 9.17) is 0 Å². The molecule has 3 aliphatic rings. The van der Waals surface area contributed by atoms with Gasteiger partial charge in [-0.15, -0.1) is 11.3 Å². The highest BCUT2D eigenvalue weighted by Crippen LogP contribution is 2.48. The molecule has 0 spiro atoms. The van der Waals surface area contributed by atoms with Gasteiger partial charge in [-0.25, -0.2) is 0 Å². The number of amides is 1. The first-order chi connectivity index (χ1) is 9.75. The number of thiophene rings is 1. The van der Waals surface area contributed by atoms with E-state index in [1.807, 2.05) is 11.3 Å². The summed E-state index contributed by atoms with van der Waals surface area (Å²) in [5, 5.41) is 5.61. The molecule has 1 amide bonds. The summed E-state index contributed by atoms with van der Waals surface area (Å²) in [6, 6.07) is 2.68. The number of nitrogens with zero attached hydrogens (tertiary/aromatic N) is 1. The van der Waals surface area contributed by atoms with Crippen molar-refractivity contribution in [3.63, 3.8) is 0 Å². The van der Waals surface area contributed by atoms with E-state index in [9.17, 15) is 4.79 Å². The molecule has 1 aliphatic carbocycles. The summed E-state index contributed by atoms with van der Waals surface area (Å²) in [4.78, 5) is 16.7. The zero-order chi connectivity index (χ0) is 13.7. The second-order valence-electron chi connectivity index (χ2n) is 6.56. The topological polar surface area (TPSA) is 32.3 Å². The zero-order valence-electron chi connectivity index (χ0n) is 12.0. The van der Waals surface area contributed by atoms with Gasteiger partial charge < -0.3 is 10.2 Å². The number of carbonyl (C=O) groups is 1. The van der Waals surface area contributed by atoms with Crippen LogP contribution in [0.1, 0.15) is 42.7 Å². The van der Waals surface area contributed by atoms with Crippen LogP contribution < -0.4 is 5.32 Å². The van der Waals surface area contributed by atoms with Crippen molar-refractivity contribution in [1.82, 2.24) is 10.2 Å². The van der Waals surface area contributed by atoms with Gasteiger partial charge in [0.25, 0.3) is 0 Å². The number of carbonyl (C=O) groups excluding carboxylic acids is 1. The van der Waals surface area contributed by atoms with E-state index < -0.39 is 0 Å². The van der Waals surface area contributed by atoms with Crippen molar-refractivity contribution in [2.75, 3.05) is 13.1 Å². The molecule has 4 rings (SSSR count). The highest BCUT2D eigenvalue weighted by Gasteiger charge is 2.44. The molecule has 1 saturated heterocycles. The monoisotopic (exact) mass is 290 g/mol. The van der Waals surface area contributed by atoms with Gasteiger partial charge in [0, 0.05) is 11.4 Å². The first kappa shape index (κ1) is 12.8. The van der Waals surface area contributed by atoms with Crippen LogP contribution in [0.3, 0.4) is 0 Å². The van der Waals surface area contributed by atoms with E-state index in [0.29, 0.717) is 23.8 Å². The van der Waals surface area contributed by atoms with Crippen molar-refractivity contribution < 1.29 is 4.79 Å². The fraction of sp³-hybridized carbons (Fsp3) is 0.688. The lowest BCUT2D eigenvalue weighted by Crippen LogP contribution is -2.49. The van der Waals surface area contributed by atoms with Crippen LogP contribution in [0.4, 0.5) is 0 Å². The van der Waals surface area contributed by atoms with E-state index in [1.165, 1.54) is 23.3 Å². The minimum Gasteiger partial charge on any atom is -0.334 e. The molecule has 1 aromatic rings. The van der Waals surface area contributed by atoms with Crippen molar-refractivity contribution in [2.24, 2.45) is 11.8 Å².